The molecule has 180 valence electrons. The summed E-state index contributed by atoms with van der Waals surface area (Å²) in [5.41, 5.74) is -0.160. The fourth-order valence-electron chi connectivity index (χ4n) is 7.23. The van der Waals surface area contributed by atoms with Crippen molar-refractivity contribution in [3.63, 3.8) is 0 Å². The smallest absolute Gasteiger partial charge is 0.312 e. The summed E-state index contributed by atoms with van der Waals surface area (Å²) < 4.78 is 5.65. The Hall–Kier alpha value is -0.530. The van der Waals surface area contributed by atoms with Gasteiger partial charge in [-0.05, 0) is 87.9 Å². The number of carbonyl (C=O) groups excluding carboxylic acids is 1. The average Bonchev–Trinajstić information content (AvgIpc) is 2.80. The summed E-state index contributed by atoms with van der Waals surface area (Å²) in [6.45, 7) is 7.23. The minimum atomic E-state index is -0.160. The van der Waals surface area contributed by atoms with E-state index in [1.807, 2.05) is 6.92 Å². The molecule has 3 rings (SSSR count). The van der Waals surface area contributed by atoms with E-state index >= 15 is 0 Å². The Bertz CT molecular complexity index is 503. The molecule has 0 aliphatic heterocycles. The van der Waals surface area contributed by atoms with Crippen LogP contribution in [-0.2, 0) is 9.53 Å². The zero-order chi connectivity index (χ0) is 22.1. The molecule has 3 fully saturated rings. The van der Waals surface area contributed by atoms with Crippen LogP contribution >= 0.6 is 0 Å². The number of ether oxygens (including phenoxy) is 1. The Morgan fingerprint density at radius 2 is 1.35 bits per heavy atom. The topological polar surface area (TPSA) is 26.3 Å². The van der Waals surface area contributed by atoms with Crippen LogP contribution in [0.5, 0.6) is 0 Å². The van der Waals surface area contributed by atoms with Crippen molar-refractivity contribution in [2.24, 2.45) is 35.0 Å². The van der Waals surface area contributed by atoms with E-state index in [-0.39, 0.29) is 11.4 Å². The summed E-state index contributed by atoms with van der Waals surface area (Å²) in [6.07, 6.45) is 24.1. The third-order valence-electron chi connectivity index (χ3n) is 9.64. The Balaban J connectivity index is 1.47. The third kappa shape index (κ3) is 7.23. The van der Waals surface area contributed by atoms with E-state index in [4.69, 9.17) is 4.74 Å². The monoisotopic (exact) mass is 432 g/mol. The second kappa shape index (κ2) is 12.6. The van der Waals surface area contributed by atoms with Crippen LogP contribution in [0.4, 0.5) is 0 Å². The molecule has 0 amide bonds. The van der Waals surface area contributed by atoms with Crippen molar-refractivity contribution in [1.82, 2.24) is 0 Å². The first-order valence-electron chi connectivity index (χ1n) is 14.2. The fourth-order valence-corrected chi connectivity index (χ4v) is 7.23. The van der Waals surface area contributed by atoms with Crippen LogP contribution in [0.25, 0.3) is 0 Å². The maximum atomic E-state index is 13.1. The second-order valence-electron chi connectivity index (χ2n) is 11.8. The van der Waals surface area contributed by atoms with Crippen LogP contribution in [-0.4, -0.2) is 12.6 Å². The summed E-state index contributed by atoms with van der Waals surface area (Å²) in [6, 6.07) is 0. The second-order valence-corrected chi connectivity index (χ2v) is 11.8. The molecule has 3 saturated carbocycles. The normalized spacial score (nSPS) is 36.8. The summed E-state index contributed by atoms with van der Waals surface area (Å²) in [7, 11) is 0. The Labute approximate surface area is 193 Å². The molecule has 0 aromatic rings. The van der Waals surface area contributed by atoms with Crippen molar-refractivity contribution in [3.8, 4) is 0 Å². The Morgan fingerprint density at radius 1 is 0.774 bits per heavy atom. The van der Waals surface area contributed by atoms with E-state index in [2.05, 4.69) is 13.8 Å². The quantitative estimate of drug-likeness (QED) is 0.255. The minimum absolute atomic E-state index is 0.138. The number of rotatable bonds is 10. The van der Waals surface area contributed by atoms with E-state index in [0.717, 1.165) is 48.9 Å². The van der Waals surface area contributed by atoms with E-state index in [1.165, 1.54) is 96.3 Å². The van der Waals surface area contributed by atoms with Gasteiger partial charge in [0, 0.05) is 0 Å². The molecule has 0 saturated heterocycles. The predicted molar refractivity (Wildman–Crippen MR) is 131 cm³/mol. The highest BCUT2D eigenvalue weighted by molar-refractivity contribution is 5.77. The molecule has 0 bridgehead atoms. The van der Waals surface area contributed by atoms with Gasteiger partial charge in [0.15, 0.2) is 0 Å². The summed E-state index contributed by atoms with van der Waals surface area (Å²) in [4.78, 5) is 13.1. The van der Waals surface area contributed by atoms with Crippen LogP contribution in [0, 0.1) is 35.0 Å². The molecule has 0 radical (unpaired) electrons. The first-order chi connectivity index (χ1) is 15.1. The van der Waals surface area contributed by atoms with Crippen molar-refractivity contribution in [2.75, 3.05) is 6.61 Å². The van der Waals surface area contributed by atoms with Gasteiger partial charge >= 0.3 is 5.97 Å². The molecule has 0 unspecified atom stereocenters. The number of hydrogen-bond donors (Lipinski definition) is 0. The third-order valence-corrected chi connectivity index (χ3v) is 9.64. The lowest BCUT2D eigenvalue weighted by Gasteiger charge is -2.43. The summed E-state index contributed by atoms with van der Waals surface area (Å²) >= 11 is 0. The minimum Gasteiger partial charge on any atom is -0.466 e. The highest BCUT2D eigenvalue weighted by Gasteiger charge is 2.44. The van der Waals surface area contributed by atoms with Gasteiger partial charge in [0.2, 0.25) is 0 Å². The van der Waals surface area contributed by atoms with Gasteiger partial charge in [-0.25, -0.2) is 0 Å². The van der Waals surface area contributed by atoms with Gasteiger partial charge in [0.25, 0.3) is 0 Å². The Kier molecular flexibility index (Phi) is 10.2. The molecule has 3 aliphatic carbocycles. The molecule has 0 aromatic heterocycles. The molecule has 3 aliphatic rings. The average molecular weight is 433 g/mol. The van der Waals surface area contributed by atoms with Gasteiger partial charge in [-0.1, -0.05) is 78.1 Å². The van der Waals surface area contributed by atoms with Crippen LogP contribution in [0.1, 0.15) is 136 Å². The van der Waals surface area contributed by atoms with Gasteiger partial charge in [0.05, 0.1) is 12.0 Å². The van der Waals surface area contributed by atoms with Crippen LogP contribution in [0.3, 0.4) is 0 Å². The molecule has 0 aromatic carbocycles. The van der Waals surface area contributed by atoms with Crippen molar-refractivity contribution < 1.29 is 9.53 Å². The molecular weight excluding hydrogens is 380 g/mol. The van der Waals surface area contributed by atoms with E-state index in [0.29, 0.717) is 6.61 Å². The molecule has 0 heterocycles. The molecular formula is C29H52O2. The zero-order valence-corrected chi connectivity index (χ0v) is 21.1. The molecule has 0 atom stereocenters. The highest BCUT2D eigenvalue weighted by Crippen LogP contribution is 2.49. The number of hydrogen-bond acceptors (Lipinski definition) is 2. The van der Waals surface area contributed by atoms with Gasteiger partial charge in [-0.2, -0.15) is 0 Å². The van der Waals surface area contributed by atoms with Crippen molar-refractivity contribution in [1.29, 1.82) is 0 Å². The molecule has 31 heavy (non-hydrogen) atoms. The van der Waals surface area contributed by atoms with Crippen molar-refractivity contribution in [2.45, 2.75) is 136 Å². The maximum absolute atomic E-state index is 13.1. The van der Waals surface area contributed by atoms with E-state index in [1.54, 1.807) is 0 Å². The van der Waals surface area contributed by atoms with Crippen molar-refractivity contribution >= 4 is 5.97 Å². The highest BCUT2D eigenvalue weighted by atomic mass is 16.5. The zero-order valence-electron chi connectivity index (χ0n) is 21.1. The van der Waals surface area contributed by atoms with Crippen LogP contribution in [0.2, 0.25) is 0 Å². The number of carbonyl (C=O) groups is 1. The lowest BCUT2D eigenvalue weighted by Crippen LogP contribution is -2.39. The van der Waals surface area contributed by atoms with Crippen LogP contribution in [0.15, 0.2) is 0 Å². The first kappa shape index (κ1) is 25.1. The summed E-state index contributed by atoms with van der Waals surface area (Å²) in [5, 5.41) is 0. The van der Waals surface area contributed by atoms with Gasteiger partial charge in [-0.15, -0.1) is 0 Å². The van der Waals surface area contributed by atoms with Crippen LogP contribution < -0.4 is 0 Å². The standard InChI is InChI=1S/C29H52O2/c1-4-6-7-8-24-11-13-25(14-12-24)17-20-29(28(30)31-5-2)21-18-27(19-22-29)26-15-9-23(3)10-16-26/h23-27H,4-22H2,1-3H3. The summed E-state index contributed by atoms with van der Waals surface area (Å²) in [5.74, 6) is 4.70. The number of esters is 1. The first-order valence-corrected chi connectivity index (χ1v) is 14.2. The molecule has 2 nitrogen and oxygen atoms in total. The largest absolute Gasteiger partial charge is 0.466 e. The lowest BCUT2D eigenvalue weighted by molar-refractivity contribution is -0.159. The van der Waals surface area contributed by atoms with Gasteiger partial charge in [0.1, 0.15) is 0 Å². The van der Waals surface area contributed by atoms with E-state index in [9.17, 15) is 4.79 Å². The molecule has 0 N–H and O–H groups in total. The maximum Gasteiger partial charge on any atom is 0.312 e. The SMILES string of the molecule is CCCCCC1CCC(CCC2(C(=O)OCC)CCC(C3CCC(C)CC3)CC2)CC1. The molecule has 2 heteroatoms. The lowest BCUT2D eigenvalue weighted by atomic mass is 9.62. The molecule has 0 spiro atoms. The van der Waals surface area contributed by atoms with Crippen molar-refractivity contribution in [3.05, 3.63) is 0 Å². The van der Waals surface area contributed by atoms with Gasteiger partial charge in [-0.3, -0.25) is 4.79 Å². The predicted octanol–water partition coefficient (Wildman–Crippen LogP) is 8.72. The van der Waals surface area contributed by atoms with E-state index < -0.39 is 0 Å². The fraction of sp³-hybridized carbons (Fsp3) is 0.966. The van der Waals surface area contributed by atoms with Gasteiger partial charge < -0.3 is 4.74 Å². The number of unbranched alkanes of at least 4 members (excludes halogenated alkanes) is 2. The Morgan fingerprint density at radius 3 is 1.94 bits per heavy atom.